The Morgan fingerprint density at radius 2 is 2.44 bits per heavy atom. The molecule has 0 aromatic rings. The molecule has 0 saturated carbocycles. The Balaban J connectivity index is 3.20. The summed E-state index contributed by atoms with van der Waals surface area (Å²) in [6, 6.07) is 0.265. The molecule has 9 heavy (non-hydrogen) atoms. The second-order valence-electron chi connectivity index (χ2n) is 1.66. The normalized spacial score (nSPS) is 13.1. The number of nitrogens with two attached hydrogens (primary N) is 1. The molecule has 0 aliphatic heterocycles. The smallest absolute Gasteiger partial charge is 0.0401 e. The maximum absolute atomic E-state index is 4.93. The van der Waals surface area contributed by atoms with Crippen LogP contribution in [0, 0.1) is 0 Å². The average Bonchev–Trinajstić information content (AvgIpc) is 1.91. The average molecular weight is 130 g/mol. The number of rotatable bonds is 5. The minimum atomic E-state index is 0.265. The molecule has 1 atom stereocenters. The van der Waals surface area contributed by atoms with E-state index in [2.05, 4.69) is 30.0 Å². The molecule has 0 amide bonds. The van der Waals surface area contributed by atoms with Crippen LogP contribution in [0.1, 0.15) is 13.3 Å². The van der Waals surface area contributed by atoms with Crippen LogP contribution < -0.4 is 22.3 Å². The zero-order valence-electron chi connectivity index (χ0n) is 5.65. The van der Waals surface area contributed by atoms with Crippen LogP contribution in [0.5, 0.6) is 0 Å². The molecule has 0 rings (SSSR count). The van der Waals surface area contributed by atoms with E-state index in [1.54, 1.807) is 0 Å². The lowest BCUT2D eigenvalue weighted by Crippen LogP contribution is -2.50. The summed E-state index contributed by atoms with van der Waals surface area (Å²) in [7, 11) is 0. The molecule has 0 saturated heterocycles. The largest absolute Gasteiger partial charge is 0.257 e. The van der Waals surface area contributed by atoms with E-state index in [0.717, 1.165) is 6.42 Å². The van der Waals surface area contributed by atoms with Crippen molar-refractivity contribution in [2.45, 2.75) is 19.4 Å². The molecular weight excluding hydrogens is 116 g/mol. The van der Waals surface area contributed by atoms with Gasteiger partial charge in [-0.15, -0.1) is 6.58 Å². The van der Waals surface area contributed by atoms with Crippen LogP contribution in [0.2, 0.25) is 0 Å². The summed E-state index contributed by atoms with van der Waals surface area (Å²) in [6.45, 7) is 5.67. The lowest BCUT2D eigenvalue weighted by Gasteiger charge is -2.11. The molecule has 0 aliphatic rings. The molecule has 5 N–H and O–H groups in total. The van der Waals surface area contributed by atoms with Gasteiger partial charge < -0.3 is 0 Å². The first kappa shape index (κ1) is 8.58. The van der Waals surface area contributed by atoms with Gasteiger partial charge in [-0.2, -0.15) is 11.1 Å². The van der Waals surface area contributed by atoms with Crippen LogP contribution in [0.4, 0.5) is 0 Å². The molecule has 4 heteroatoms. The molecule has 1 unspecified atom stereocenters. The van der Waals surface area contributed by atoms with Crippen LogP contribution >= 0.6 is 0 Å². The van der Waals surface area contributed by atoms with Crippen molar-refractivity contribution in [1.29, 1.82) is 0 Å². The standard InChI is InChI=1S/C5H14N4/c1-3-5(4-2)7-9-8-6/h3,5,7-9H,1,4,6H2,2H3. The SMILES string of the molecule is C=CC(CC)NNNN. The van der Waals surface area contributed by atoms with Crippen molar-refractivity contribution < 1.29 is 0 Å². The van der Waals surface area contributed by atoms with Crippen molar-refractivity contribution in [1.82, 2.24) is 16.5 Å². The third-order valence-corrected chi connectivity index (χ3v) is 1.05. The summed E-state index contributed by atoms with van der Waals surface area (Å²) >= 11 is 0. The van der Waals surface area contributed by atoms with Crippen molar-refractivity contribution in [3.05, 3.63) is 12.7 Å². The lowest BCUT2D eigenvalue weighted by molar-refractivity contribution is 0.403. The third-order valence-electron chi connectivity index (χ3n) is 1.05. The second kappa shape index (κ2) is 5.71. The highest BCUT2D eigenvalue weighted by Gasteiger charge is 1.94. The number of nitrogens with one attached hydrogen (secondary N) is 3. The van der Waals surface area contributed by atoms with Crippen molar-refractivity contribution >= 4 is 0 Å². The summed E-state index contributed by atoms with van der Waals surface area (Å²) in [5.41, 5.74) is 7.68. The minimum absolute atomic E-state index is 0.265. The highest BCUT2D eigenvalue weighted by Crippen LogP contribution is 1.86. The van der Waals surface area contributed by atoms with Gasteiger partial charge in [-0.05, 0) is 6.42 Å². The first-order valence-corrected chi connectivity index (χ1v) is 2.93. The molecule has 0 bridgehead atoms. The topological polar surface area (TPSA) is 62.1 Å². The molecule has 0 aromatic heterocycles. The fourth-order valence-corrected chi connectivity index (χ4v) is 0.462. The Morgan fingerprint density at radius 1 is 1.78 bits per heavy atom. The van der Waals surface area contributed by atoms with Gasteiger partial charge in [-0.3, -0.25) is 5.84 Å². The summed E-state index contributed by atoms with van der Waals surface area (Å²) in [4.78, 5) is 0. The van der Waals surface area contributed by atoms with E-state index in [9.17, 15) is 0 Å². The van der Waals surface area contributed by atoms with Crippen molar-refractivity contribution in [3.8, 4) is 0 Å². The van der Waals surface area contributed by atoms with Crippen molar-refractivity contribution in [2.24, 2.45) is 5.84 Å². The van der Waals surface area contributed by atoms with Gasteiger partial charge in [0.25, 0.3) is 0 Å². The Bertz CT molecular complexity index is 73.4. The lowest BCUT2D eigenvalue weighted by atomic mass is 10.2. The van der Waals surface area contributed by atoms with Gasteiger partial charge in [0.05, 0.1) is 0 Å². The molecule has 54 valence electrons. The predicted octanol–water partition coefficient (Wildman–Crippen LogP) is -0.576. The molecule has 0 fully saturated rings. The zero-order chi connectivity index (χ0) is 7.11. The van der Waals surface area contributed by atoms with E-state index < -0.39 is 0 Å². The number of hydrazine groups is 3. The van der Waals surface area contributed by atoms with Gasteiger partial charge >= 0.3 is 0 Å². The van der Waals surface area contributed by atoms with Crippen LogP contribution in [0.3, 0.4) is 0 Å². The monoisotopic (exact) mass is 130 g/mol. The molecule has 0 aromatic carbocycles. The highest BCUT2D eigenvalue weighted by molar-refractivity contribution is 4.82. The van der Waals surface area contributed by atoms with Gasteiger partial charge in [0, 0.05) is 6.04 Å². The Hall–Kier alpha value is -0.420. The molecule has 0 heterocycles. The summed E-state index contributed by atoms with van der Waals surface area (Å²) in [6.07, 6.45) is 2.79. The molecule has 4 nitrogen and oxygen atoms in total. The minimum Gasteiger partial charge on any atom is -0.257 e. The van der Waals surface area contributed by atoms with Crippen LogP contribution in [-0.2, 0) is 0 Å². The van der Waals surface area contributed by atoms with Crippen LogP contribution in [-0.4, -0.2) is 6.04 Å². The second-order valence-corrected chi connectivity index (χ2v) is 1.66. The van der Waals surface area contributed by atoms with E-state index >= 15 is 0 Å². The van der Waals surface area contributed by atoms with E-state index in [4.69, 9.17) is 5.84 Å². The van der Waals surface area contributed by atoms with Crippen molar-refractivity contribution in [3.63, 3.8) is 0 Å². The molecule has 0 aliphatic carbocycles. The third kappa shape index (κ3) is 4.11. The fourth-order valence-electron chi connectivity index (χ4n) is 0.462. The highest BCUT2D eigenvalue weighted by atomic mass is 15.7. The quantitative estimate of drug-likeness (QED) is 0.228. The Labute approximate surface area is 55.4 Å². The zero-order valence-corrected chi connectivity index (χ0v) is 5.65. The Morgan fingerprint density at radius 3 is 2.78 bits per heavy atom. The van der Waals surface area contributed by atoms with Crippen LogP contribution in [0.15, 0.2) is 12.7 Å². The van der Waals surface area contributed by atoms with Crippen molar-refractivity contribution in [2.75, 3.05) is 0 Å². The van der Waals surface area contributed by atoms with E-state index in [1.165, 1.54) is 0 Å². The van der Waals surface area contributed by atoms with Gasteiger partial charge in [0.2, 0.25) is 0 Å². The van der Waals surface area contributed by atoms with Gasteiger partial charge in [-0.25, -0.2) is 5.43 Å². The Kier molecular flexibility index (Phi) is 5.45. The predicted molar refractivity (Wildman–Crippen MR) is 37.9 cm³/mol. The maximum atomic E-state index is 4.93. The number of hydrogen-bond acceptors (Lipinski definition) is 4. The van der Waals surface area contributed by atoms with Gasteiger partial charge in [0.1, 0.15) is 0 Å². The van der Waals surface area contributed by atoms with E-state index in [-0.39, 0.29) is 6.04 Å². The summed E-state index contributed by atoms with van der Waals surface area (Å²) < 4.78 is 0. The number of hydrogen-bond donors (Lipinski definition) is 4. The van der Waals surface area contributed by atoms with Gasteiger partial charge in [-0.1, -0.05) is 13.0 Å². The van der Waals surface area contributed by atoms with E-state index in [1.807, 2.05) is 6.08 Å². The molecule has 0 radical (unpaired) electrons. The first-order chi connectivity index (χ1) is 4.35. The molecule has 0 spiro atoms. The van der Waals surface area contributed by atoms with Gasteiger partial charge in [0.15, 0.2) is 0 Å². The summed E-state index contributed by atoms with van der Waals surface area (Å²) in [5.74, 6) is 4.93. The fraction of sp³-hybridized carbons (Fsp3) is 0.600. The van der Waals surface area contributed by atoms with E-state index in [0.29, 0.717) is 0 Å². The first-order valence-electron chi connectivity index (χ1n) is 2.93. The molecular formula is C5H14N4. The van der Waals surface area contributed by atoms with Crippen LogP contribution in [0.25, 0.3) is 0 Å². The summed E-state index contributed by atoms with van der Waals surface area (Å²) in [5, 5.41) is 0. The maximum Gasteiger partial charge on any atom is 0.0401 e.